The second-order valence-electron chi connectivity index (χ2n) is 7.99. The molecule has 8 heteroatoms. The number of hydrogen-bond acceptors (Lipinski definition) is 5. The molecule has 166 valence electrons. The van der Waals surface area contributed by atoms with Gasteiger partial charge in [-0.1, -0.05) is 23.4 Å². The molecule has 0 saturated carbocycles. The van der Waals surface area contributed by atoms with Crippen LogP contribution in [0.2, 0.25) is 0 Å². The summed E-state index contributed by atoms with van der Waals surface area (Å²) in [4.78, 5) is 31.3. The molecule has 1 saturated heterocycles. The van der Waals surface area contributed by atoms with E-state index >= 15 is 0 Å². The Morgan fingerprint density at radius 2 is 1.85 bits per heavy atom. The predicted molar refractivity (Wildman–Crippen MR) is 120 cm³/mol. The maximum Gasteiger partial charge on any atom is 0.294 e. The van der Waals surface area contributed by atoms with E-state index in [0.29, 0.717) is 37.3 Å². The summed E-state index contributed by atoms with van der Waals surface area (Å²) >= 11 is 0. The van der Waals surface area contributed by atoms with E-state index in [4.69, 9.17) is 4.52 Å². The molecule has 1 N–H and O–H groups in total. The highest BCUT2D eigenvalue weighted by atomic mass is 19.1. The second-order valence-corrected chi connectivity index (χ2v) is 7.99. The van der Waals surface area contributed by atoms with Crippen molar-refractivity contribution in [3.05, 3.63) is 89.7 Å². The first-order chi connectivity index (χ1) is 16.1. The van der Waals surface area contributed by atoms with Crippen LogP contribution in [0.3, 0.4) is 0 Å². The van der Waals surface area contributed by atoms with Gasteiger partial charge in [0, 0.05) is 36.7 Å². The number of carbonyl (C=O) groups excluding carboxylic acids is 2. The van der Waals surface area contributed by atoms with Crippen LogP contribution in [0.1, 0.15) is 45.4 Å². The fourth-order valence-electron chi connectivity index (χ4n) is 4.17. The van der Waals surface area contributed by atoms with Crippen molar-refractivity contribution in [2.45, 2.75) is 18.8 Å². The SMILES string of the molecule is O=C(Nc1cccc2ncccc12)c1cc(C2CCN(C(=O)c3ccccc3F)CC2)no1. The maximum absolute atomic E-state index is 13.9. The molecular formula is C25H21FN4O3. The fourth-order valence-corrected chi connectivity index (χ4v) is 4.17. The number of amides is 2. The largest absolute Gasteiger partial charge is 0.351 e. The van der Waals surface area contributed by atoms with Crippen LogP contribution >= 0.6 is 0 Å². The molecule has 7 nitrogen and oxygen atoms in total. The minimum Gasteiger partial charge on any atom is -0.351 e. The first-order valence-electron chi connectivity index (χ1n) is 10.8. The molecule has 4 aromatic rings. The quantitative estimate of drug-likeness (QED) is 0.496. The van der Waals surface area contributed by atoms with E-state index < -0.39 is 11.7 Å². The highest BCUT2D eigenvalue weighted by Crippen LogP contribution is 2.29. The number of halogens is 1. The van der Waals surface area contributed by atoms with Gasteiger partial charge in [0.05, 0.1) is 22.5 Å². The van der Waals surface area contributed by atoms with E-state index in [2.05, 4.69) is 15.5 Å². The van der Waals surface area contributed by atoms with Crippen molar-refractivity contribution in [1.82, 2.24) is 15.0 Å². The lowest BCUT2D eigenvalue weighted by Crippen LogP contribution is -2.38. The maximum atomic E-state index is 13.9. The van der Waals surface area contributed by atoms with Crippen LogP contribution in [0.4, 0.5) is 10.1 Å². The summed E-state index contributed by atoms with van der Waals surface area (Å²) in [6.45, 7) is 0.963. The van der Waals surface area contributed by atoms with E-state index in [1.807, 2.05) is 30.3 Å². The molecule has 1 aliphatic heterocycles. The zero-order valence-corrected chi connectivity index (χ0v) is 17.7. The molecule has 0 radical (unpaired) electrons. The summed E-state index contributed by atoms with van der Waals surface area (Å²) in [5, 5.41) is 7.79. The van der Waals surface area contributed by atoms with Crippen LogP contribution in [0.25, 0.3) is 10.9 Å². The number of likely N-dealkylation sites (tertiary alicyclic amines) is 1. The minimum atomic E-state index is -0.515. The normalized spacial score (nSPS) is 14.4. The third-order valence-corrected chi connectivity index (χ3v) is 5.95. The molecule has 3 heterocycles. The number of aromatic nitrogens is 2. The molecule has 0 spiro atoms. The molecule has 0 aliphatic carbocycles. The topological polar surface area (TPSA) is 88.3 Å². The number of nitrogens with zero attached hydrogens (tertiary/aromatic N) is 3. The van der Waals surface area contributed by atoms with Gasteiger partial charge in [-0.15, -0.1) is 0 Å². The van der Waals surface area contributed by atoms with Gasteiger partial charge in [0.25, 0.3) is 11.8 Å². The van der Waals surface area contributed by atoms with Crippen molar-refractivity contribution in [2.24, 2.45) is 0 Å². The van der Waals surface area contributed by atoms with Gasteiger partial charge in [0.2, 0.25) is 5.76 Å². The minimum absolute atomic E-state index is 0.0572. The van der Waals surface area contributed by atoms with Crippen LogP contribution in [-0.4, -0.2) is 39.9 Å². The summed E-state index contributed by atoms with van der Waals surface area (Å²) < 4.78 is 19.3. The first kappa shape index (κ1) is 20.8. The summed E-state index contributed by atoms with van der Waals surface area (Å²) in [5.41, 5.74) is 2.19. The van der Waals surface area contributed by atoms with Gasteiger partial charge in [-0.2, -0.15) is 0 Å². The Morgan fingerprint density at radius 3 is 2.67 bits per heavy atom. The van der Waals surface area contributed by atoms with Gasteiger partial charge in [-0.05, 0) is 49.2 Å². The highest BCUT2D eigenvalue weighted by molar-refractivity contribution is 6.07. The molecule has 5 rings (SSSR count). The number of carbonyl (C=O) groups is 2. The summed E-state index contributed by atoms with van der Waals surface area (Å²) in [5.74, 6) is -1.04. The Bertz CT molecular complexity index is 1320. The zero-order valence-electron chi connectivity index (χ0n) is 17.7. The number of rotatable bonds is 4. The number of pyridine rings is 1. The van der Waals surface area contributed by atoms with Crippen molar-refractivity contribution in [1.29, 1.82) is 0 Å². The second kappa shape index (κ2) is 8.82. The third-order valence-electron chi connectivity index (χ3n) is 5.95. The Labute approximate surface area is 189 Å². The third kappa shape index (κ3) is 4.19. The number of anilines is 1. The smallest absolute Gasteiger partial charge is 0.294 e. The molecule has 0 bridgehead atoms. The van der Waals surface area contributed by atoms with Crippen LogP contribution in [0.5, 0.6) is 0 Å². The average molecular weight is 444 g/mol. The van der Waals surface area contributed by atoms with E-state index in [0.717, 1.165) is 10.9 Å². The summed E-state index contributed by atoms with van der Waals surface area (Å²) in [7, 11) is 0. The highest BCUT2D eigenvalue weighted by Gasteiger charge is 2.28. The van der Waals surface area contributed by atoms with Crippen LogP contribution in [0.15, 0.2) is 71.4 Å². The van der Waals surface area contributed by atoms with Crippen LogP contribution < -0.4 is 5.32 Å². The van der Waals surface area contributed by atoms with E-state index in [-0.39, 0.29) is 23.1 Å². The molecule has 2 amide bonds. The van der Waals surface area contributed by atoms with Crippen molar-refractivity contribution >= 4 is 28.4 Å². The van der Waals surface area contributed by atoms with Crippen LogP contribution in [-0.2, 0) is 0 Å². The summed E-state index contributed by atoms with van der Waals surface area (Å²) in [6, 6.07) is 16.9. The molecule has 33 heavy (non-hydrogen) atoms. The number of fused-ring (bicyclic) bond motifs is 1. The fraction of sp³-hybridized carbons (Fsp3) is 0.200. The molecule has 1 fully saturated rings. The van der Waals surface area contributed by atoms with Crippen molar-refractivity contribution in [3.8, 4) is 0 Å². The monoisotopic (exact) mass is 444 g/mol. The molecule has 1 aliphatic rings. The van der Waals surface area contributed by atoms with Gasteiger partial charge >= 0.3 is 0 Å². The Balaban J connectivity index is 1.23. The lowest BCUT2D eigenvalue weighted by Gasteiger charge is -2.31. The lowest BCUT2D eigenvalue weighted by molar-refractivity contribution is 0.0706. The van der Waals surface area contributed by atoms with Crippen molar-refractivity contribution in [2.75, 3.05) is 18.4 Å². The molecule has 2 aromatic heterocycles. The van der Waals surface area contributed by atoms with Gasteiger partial charge in [0.1, 0.15) is 5.82 Å². The number of nitrogens with one attached hydrogen (secondary N) is 1. The molecule has 0 atom stereocenters. The Morgan fingerprint density at radius 1 is 1.03 bits per heavy atom. The zero-order chi connectivity index (χ0) is 22.8. The molecular weight excluding hydrogens is 423 g/mol. The van der Waals surface area contributed by atoms with Crippen molar-refractivity contribution in [3.63, 3.8) is 0 Å². The van der Waals surface area contributed by atoms with E-state index in [1.54, 1.807) is 29.3 Å². The van der Waals surface area contributed by atoms with Gasteiger partial charge in [0.15, 0.2) is 0 Å². The number of piperidine rings is 1. The van der Waals surface area contributed by atoms with Crippen LogP contribution in [0, 0.1) is 5.82 Å². The number of hydrogen-bond donors (Lipinski definition) is 1. The Hall–Kier alpha value is -4.07. The average Bonchev–Trinajstić information content (AvgIpc) is 3.35. The molecule has 2 aromatic carbocycles. The van der Waals surface area contributed by atoms with E-state index in [9.17, 15) is 14.0 Å². The van der Waals surface area contributed by atoms with Gasteiger partial charge in [-0.25, -0.2) is 4.39 Å². The van der Waals surface area contributed by atoms with Crippen molar-refractivity contribution < 1.29 is 18.5 Å². The Kier molecular flexibility index (Phi) is 5.56. The lowest BCUT2D eigenvalue weighted by atomic mass is 9.93. The standard InChI is InChI=1S/C25H21FN4O3/c26-19-7-2-1-5-17(19)25(32)30-13-10-16(11-14-30)22-15-23(33-29-22)24(31)28-21-9-3-8-20-18(21)6-4-12-27-20/h1-9,12,15-16H,10-11,13-14H2,(H,28,31). The molecule has 0 unspecified atom stereocenters. The summed E-state index contributed by atoms with van der Waals surface area (Å²) in [6.07, 6.45) is 3.01. The predicted octanol–water partition coefficient (Wildman–Crippen LogP) is 4.63. The van der Waals surface area contributed by atoms with Gasteiger partial charge in [-0.3, -0.25) is 14.6 Å². The number of benzene rings is 2. The van der Waals surface area contributed by atoms with E-state index in [1.165, 1.54) is 12.1 Å². The first-order valence-corrected chi connectivity index (χ1v) is 10.8. The van der Waals surface area contributed by atoms with Gasteiger partial charge < -0.3 is 14.7 Å².